The molecule has 3 heterocycles. The first-order valence-electron chi connectivity index (χ1n) is 8.33. The third-order valence-corrected chi connectivity index (χ3v) is 4.33. The SMILES string of the molecule is CCc1ncc2c(n1)CN(c1nc(-c3cccc(OC)c3)no1)CC2. The molecule has 25 heavy (non-hydrogen) atoms. The van der Waals surface area contributed by atoms with E-state index in [9.17, 15) is 0 Å². The Hall–Kier alpha value is -2.96. The number of fused-ring (bicyclic) bond motifs is 1. The third-order valence-electron chi connectivity index (χ3n) is 4.33. The summed E-state index contributed by atoms with van der Waals surface area (Å²) in [7, 11) is 1.64. The quantitative estimate of drug-likeness (QED) is 0.724. The monoisotopic (exact) mass is 337 g/mol. The van der Waals surface area contributed by atoms with Gasteiger partial charge in [-0.05, 0) is 24.1 Å². The summed E-state index contributed by atoms with van der Waals surface area (Å²) in [5.41, 5.74) is 3.10. The van der Waals surface area contributed by atoms with Crippen molar-refractivity contribution in [2.75, 3.05) is 18.6 Å². The number of hydrogen-bond donors (Lipinski definition) is 0. The van der Waals surface area contributed by atoms with Crippen LogP contribution in [0.15, 0.2) is 35.0 Å². The zero-order valence-electron chi connectivity index (χ0n) is 14.3. The summed E-state index contributed by atoms with van der Waals surface area (Å²) in [6.07, 6.45) is 3.64. The first-order valence-corrected chi connectivity index (χ1v) is 8.33. The van der Waals surface area contributed by atoms with Crippen molar-refractivity contribution in [3.8, 4) is 17.1 Å². The average Bonchev–Trinajstić information content (AvgIpc) is 3.17. The normalized spacial score (nSPS) is 13.6. The Morgan fingerprint density at radius 1 is 1.28 bits per heavy atom. The first-order chi connectivity index (χ1) is 12.3. The van der Waals surface area contributed by atoms with Crippen LogP contribution >= 0.6 is 0 Å². The number of methoxy groups -OCH3 is 1. The molecule has 0 saturated heterocycles. The van der Waals surface area contributed by atoms with Gasteiger partial charge in [-0.25, -0.2) is 9.97 Å². The van der Waals surface area contributed by atoms with Gasteiger partial charge in [-0.3, -0.25) is 0 Å². The molecule has 0 amide bonds. The lowest BCUT2D eigenvalue weighted by Crippen LogP contribution is -2.31. The maximum absolute atomic E-state index is 5.48. The molecule has 1 aliphatic heterocycles. The summed E-state index contributed by atoms with van der Waals surface area (Å²) < 4.78 is 10.7. The van der Waals surface area contributed by atoms with Crippen LogP contribution in [0.4, 0.5) is 6.01 Å². The maximum Gasteiger partial charge on any atom is 0.324 e. The minimum absolute atomic E-state index is 0.514. The van der Waals surface area contributed by atoms with E-state index in [0.717, 1.165) is 42.2 Å². The van der Waals surface area contributed by atoms with Crippen LogP contribution in [-0.4, -0.2) is 33.8 Å². The van der Waals surface area contributed by atoms with Crippen LogP contribution < -0.4 is 9.64 Å². The molecular formula is C18H19N5O2. The smallest absolute Gasteiger partial charge is 0.324 e. The average molecular weight is 337 g/mol. The van der Waals surface area contributed by atoms with E-state index >= 15 is 0 Å². The van der Waals surface area contributed by atoms with Crippen LogP contribution in [0.25, 0.3) is 11.4 Å². The molecule has 4 rings (SSSR count). The predicted octanol–water partition coefficient (Wildman–Crippen LogP) is 2.66. The number of nitrogens with zero attached hydrogens (tertiary/aromatic N) is 5. The zero-order chi connectivity index (χ0) is 17.2. The fourth-order valence-electron chi connectivity index (χ4n) is 2.90. The molecule has 0 radical (unpaired) electrons. The minimum atomic E-state index is 0.514. The van der Waals surface area contributed by atoms with Gasteiger partial charge in [0.05, 0.1) is 19.3 Å². The molecule has 0 bridgehead atoms. The molecule has 0 unspecified atom stereocenters. The van der Waals surface area contributed by atoms with Gasteiger partial charge >= 0.3 is 6.01 Å². The molecule has 0 N–H and O–H groups in total. The second-order valence-electron chi connectivity index (χ2n) is 5.92. The highest BCUT2D eigenvalue weighted by molar-refractivity contribution is 5.58. The van der Waals surface area contributed by atoms with Gasteiger partial charge < -0.3 is 14.2 Å². The molecule has 0 aliphatic carbocycles. The van der Waals surface area contributed by atoms with Crippen molar-refractivity contribution in [3.05, 3.63) is 47.5 Å². The number of aryl methyl sites for hydroxylation is 1. The lowest BCUT2D eigenvalue weighted by atomic mass is 10.1. The second-order valence-corrected chi connectivity index (χ2v) is 5.92. The van der Waals surface area contributed by atoms with E-state index in [1.54, 1.807) is 7.11 Å². The van der Waals surface area contributed by atoms with E-state index in [1.807, 2.05) is 30.5 Å². The lowest BCUT2D eigenvalue weighted by Gasteiger charge is -2.26. The van der Waals surface area contributed by atoms with Gasteiger partial charge in [0.25, 0.3) is 0 Å². The van der Waals surface area contributed by atoms with Gasteiger partial charge in [0, 0.05) is 24.7 Å². The first kappa shape index (κ1) is 15.6. The van der Waals surface area contributed by atoms with Crippen LogP contribution in [0.5, 0.6) is 5.75 Å². The number of anilines is 1. The molecule has 0 atom stereocenters. The van der Waals surface area contributed by atoms with E-state index in [-0.39, 0.29) is 0 Å². The molecule has 0 saturated carbocycles. The van der Waals surface area contributed by atoms with Gasteiger partial charge in [0.15, 0.2) is 0 Å². The molecule has 2 aromatic heterocycles. The lowest BCUT2D eigenvalue weighted by molar-refractivity contribution is 0.409. The van der Waals surface area contributed by atoms with E-state index < -0.39 is 0 Å². The second kappa shape index (κ2) is 6.51. The van der Waals surface area contributed by atoms with Crippen molar-refractivity contribution < 1.29 is 9.26 Å². The molecule has 0 fully saturated rings. The zero-order valence-corrected chi connectivity index (χ0v) is 14.3. The van der Waals surface area contributed by atoms with Gasteiger partial charge in [0.2, 0.25) is 5.82 Å². The van der Waals surface area contributed by atoms with Crippen molar-refractivity contribution in [3.63, 3.8) is 0 Å². The Morgan fingerprint density at radius 3 is 3.04 bits per heavy atom. The highest BCUT2D eigenvalue weighted by Gasteiger charge is 2.23. The summed E-state index contributed by atoms with van der Waals surface area (Å²) in [6.45, 7) is 3.52. The minimum Gasteiger partial charge on any atom is -0.497 e. The van der Waals surface area contributed by atoms with Gasteiger partial charge in [-0.1, -0.05) is 24.2 Å². The van der Waals surface area contributed by atoms with Crippen LogP contribution in [0.3, 0.4) is 0 Å². The topological polar surface area (TPSA) is 77.2 Å². The highest BCUT2D eigenvalue weighted by atomic mass is 16.5. The number of hydrogen-bond acceptors (Lipinski definition) is 7. The predicted molar refractivity (Wildman–Crippen MR) is 92.5 cm³/mol. The van der Waals surface area contributed by atoms with E-state index in [2.05, 4.69) is 31.9 Å². The summed E-state index contributed by atoms with van der Waals surface area (Å²) in [5, 5.41) is 4.11. The van der Waals surface area contributed by atoms with E-state index in [0.29, 0.717) is 18.4 Å². The Labute approximate surface area is 145 Å². The molecule has 7 nitrogen and oxygen atoms in total. The fourth-order valence-corrected chi connectivity index (χ4v) is 2.90. The Morgan fingerprint density at radius 2 is 2.20 bits per heavy atom. The van der Waals surface area contributed by atoms with Crippen molar-refractivity contribution in [2.24, 2.45) is 0 Å². The number of rotatable bonds is 4. The number of benzene rings is 1. The number of ether oxygens (including phenoxy) is 1. The van der Waals surface area contributed by atoms with E-state index in [4.69, 9.17) is 9.26 Å². The fraction of sp³-hybridized carbons (Fsp3) is 0.333. The van der Waals surface area contributed by atoms with Crippen LogP contribution in [-0.2, 0) is 19.4 Å². The molecule has 7 heteroatoms. The van der Waals surface area contributed by atoms with Crippen molar-refractivity contribution in [1.29, 1.82) is 0 Å². The van der Waals surface area contributed by atoms with Gasteiger partial charge in [0.1, 0.15) is 11.6 Å². The summed E-state index contributed by atoms with van der Waals surface area (Å²) in [5.74, 6) is 2.18. The summed E-state index contributed by atoms with van der Waals surface area (Å²) >= 11 is 0. The Kier molecular flexibility index (Phi) is 4.05. The molecule has 0 spiro atoms. The standard InChI is InChI=1S/C18H19N5O2/c1-3-16-19-10-13-7-8-23(11-15(13)20-16)18-21-17(22-25-18)12-5-4-6-14(9-12)24-2/h4-6,9-10H,3,7-8,11H2,1-2H3. The van der Waals surface area contributed by atoms with Gasteiger partial charge in [-0.15, -0.1) is 0 Å². The molecule has 128 valence electrons. The molecule has 1 aliphatic rings. The van der Waals surface area contributed by atoms with Crippen molar-refractivity contribution in [2.45, 2.75) is 26.3 Å². The Balaban J connectivity index is 1.58. The van der Waals surface area contributed by atoms with Crippen LogP contribution in [0.2, 0.25) is 0 Å². The van der Waals surface area contributed by atoms with Crippen LogP contribution in [0.1, 0.15) is 24.0 Å². The number of aromatic nitrogens is 4. The summed E-state index contributed by atoms with van der Waals surface area (Å²) in [6, 6.07) is 8.13. The molecular weight excluding hydrogens is 318 g/mol. The molecule has 1 aromatic carbocycles. The van der Waals surface area contributed by atoms with Crippen molar-refractivity contribution >= 4 is 6.01 Å². The maximum atomic E-state index is 5.48. The van der Waals surface area contributed by atoms with E-state index in [1.165, 1.54) is 5.56 Å². The van der Waals surface area contributed by atoms with Crippen molar-refractivity contribution in [1.82, 2.24) is 20.1 Å². The highest BCUT2D eigenvalue weighted by Crippen LogP contribution is 2.26. The largest absolute Gasteiger partial charge is 0.497 e. The summed E-state index contributed by atoms with van der Waals surface area (Å²) in [4.78, 5) is 15.6. The van der Waals surface area contributed by atoms with Gasteiger partial charge in [-0.2, -0.15) is 4.98 Å². The van der Waals surface area contributed by atoms with Crippen LogP contribution in [0, 0.1) is 0 Å². The third kappa shape index (κ3) is 3.05. The molecule has 3 aromatic rings. The Bertz CT molecular complexity index is 893.